The highest BCUT2D eigenvalue weighted by molar-refractivity contribution is 7.17. The Labute approximate surface area is 146 Å². The Balaban J connectivity index is 1.53. The van der Waals surface area contributed by atoms with Gasteiger partial charge in [-0.3, -0.25) is 4.79 Å². The third kappa shape index (κ3) is 2.95. The molecule has 4 rings (SSSR count). The Morgan fingerprint density at radius 3 is 2.71 bits per heavy atom. The van der Waals surface area contributed by atoms with E-state index in [0.29, 0.717) is 11.7 Å². The molecule has 2 atom stereocenters. The number of thiazole rings is 1. The molecule has 2 aromatic rings. The van der Waals surface area contributed by atoms with Gasteiger partial charge in [0.15, 0.2) is 10.8 Å². The van der Waals surface area contributed by atoms with E-state index in [4.69, 9.17) is 0 Å². The molecular weight excluding hydrogens is 320 g/mol. The summed E-state index contributed by atoms with van der Waals surface area (Å²) in [5.74, 6) is 2.26. The molecule has 5 nitrogen and oxygen atoms in total. The van der Waals surface area contributed by atoms with Gasteiger partial charge >= 0.3 is 0 Å². The SMILES string of the molecule is Cc1nc(-c2ncccn2)sc1C(=O)N1CC[C@H]2CCCC[C@@H]2C1. The van der Waals surface area contributed by atoms with Gasteiger partial charge in [0.25, 0.3) is 5.91 Å². The second-order valence-electron chi connectivity index (χ2n) is 6.85. The number of amides is 1. The molecule has 1 amide bonds. The molecule has 0 spiro atoms. The minimum absolute atomic E-state index is 0.135. The molecule has 1 aliphatic carbocycles. The Hall–Kier alpha value is -1.82. The van der Waals surface area contributed by atoms with Crippen molar-refractivity contribution in [3.8, 4) is 10.8 Å². The van der Waals surface area contributed by atoms with E-state index in [9.17, 15) is 4.79 Å². The molecule has 0 radical (unpaired) electrons. The maximum atomic E-state index is 13.0. The Kier molecular flexibility index (Phi) is 4.31. The average Bonchev–Trinajstić information content (AvgIpc) is 3.03. The van der Waals surface area contributed by atoms with Crippen molar-refractivity contribution in [1.29, 1.82) is 0 Å². The van der Waals surface area contributed by atoms with Gasteiger partial charge < -0.3 is 4.90 Å². The van der Waals surface area contributed by atoms with Crippen molar-refractivity contribution in [3.05, 3.63) is 29.0 Å². The minimum atomic E-state index is 0.135. The predicted molar refractivity (Wildman–Crippen MR) is 93.8 cm³/mol. The first-order valence-corrected chi connectivity index (χ1v) is 9.58. The fourth-order valence-electron chi connectivity index (χ4n) is 4.03. The zero-order valence-corrected chi connectivity index (χ0v) is 14.8. The van der Waals surface area contributed by atoms with Gasteiger partial charge in [-0.15, -0.1) is 11.3 Å². The highest BCUT2D eigenvalue weighted by Crippen LogP contribution is 2.37. The third-order valence-electron chi connectivity index (χ3n) is 5.33. The summed E-state index contributed by atoms with van der Waals surface area (Å²) in [4.78, 5) is 28.8. The quantitative estimate of drug-likeness (QED) is 0.837. The number of carbonyl (C=O) groups excluding carboxylic acids is 1. The molecule has 2 fully saturated rings. The zero-order chi connectivity index (χ0) is 16.5. The standard InChI is InChI=1S/C18H22N4OS/c1-12-15(24-17(21-12)16-19-8-4-9-20-16)18(23)22-10-7-13-5-2-3-6-14(13)11-22/h4,8-9,13-14H,2-3,5-7,10-11H2,1H3/t13-,14-/m1/s1. The van der Waals surface area contributed by atoms with Gasteiger partial charge in [-0.2, -0.15) is 0 Å². The van der Waals surface area contributed by atoms with Gasteiger partial charge in [0.2, 0.25) is 0 Å². The number of aromatic nitrogens is 3. The zero-order valence-electron chi connectivity index (χ0n) is 13.9. The lowest BCUT2D eigenvalue weighted by Crippen LogP contribution is -2.44. The number of hydrogen-bond acceptors (Lipinski definition) is 5. The monoisotopic (exact) mass is 342 g/mol. The molecule has 2 aromatic heterocycles. The van der Waals surface area contributed by atoms with Crippen LogP contribution in [0.5, 0.6) is 0 Å². The van der Waals surface area contributed by atoms with E-state index in [2.05, 4.69) is 15.0 Å². The minimum Gasteiger partial charge on any atom is -0.338 e. The largest absolute Gasteiger partial charge is 0.338 e. The summed E-state index contributed by atoms with van der Waals surface area (Å²) in [7, 11) is 0. The Morgan fingerprint density at radius 1 is 1.17 bits per heavy atom. The molecule has 3 heterocycles. The molecule has 126 valence electrons. The summed E-state index contributed by atoms with van der Waals surface area (Å²) >= 11 is 1.42. The number of aryl methyl sites for hydroxylation is 1. The fourth-order valence-corrected chi connectivity index (χ4v) is 5.01. The normalized spacial score (nSPS) is 23.8. The van der Waals surface area contributed by atoms with Crippen LogP contribution in [0.4, 0.5) is 0 Å². The molecule has 1 saturated heterocycles. The van der Waals surface area contributed by atoms with E-state index in [1.807, 2.05) is 11.8 Å². The van der Waals surface area contributed by atoms with E-state index in [-0.39, 0.29) is 5.91 Å². The van der Waals surface area contributed by atoms with E-state index < -0.39 is 0 Å². The van der Waals surface area contributed by atoms with E-state index in [0.717, 1.165) is 41.0 Å². The van der Waals surface area contributed by atoms with Gasteiger partial charge in [-0.1, -0.05) is 19.3 Å². The molecule has 1 aliphatic heterocycles. The maximum absolute atomic E-state index is 13.0. The summed E-state index contributed by atoms with van der Waals surface area (Å²) in [5.41, 5.74) is 0.790. The highest BCUT2D eigenvalue weighted by atomic mass is 32.1. The third-order valence-corrected chi connectivity index (χ3v) is 6.47. The van der Waals surface area contributed by atoms with Crippen LogP contribution in [-0.4, -0.2) is 38.8 Å². The van der Waals surface area contributed by atoms with Crippen molar-refractivity contribution in [2.75, 3.05) is 13.1 Å². The molecule has 0 aromatic carbocycles. The van der Waals surface area contributed by atoms with Crippen LogP contribution in [0.2, 0.25) is 0 Å². The Morgan fingerprint density at radius 2 is 1.92 bits per heavy atom. The lowest BCUT2D eigenvalue weighted by atomic mass is 9.75. The van der Waals surface area contributed by atoms with Crippen LogP contribution in [0.3, 0.4) is 0 Å². The number of carbonyl (C=O) groups is 1. The van der Waals surface area contributed by atoms with Crippen molar-refractivity contribution in [1.82, 2.24) is 19.9 Å². The van der Waals surface area contributed by atoms with Crippen LogP contribution in [0.25, 0.3) is 10.8 Å². The number of nitrogens with zero attached hydrogens (tertiary/aromatic N) is 4. The number of piperidine rings is 1. The van der Waals surface area contributed by atoms with Crippen molar-refractivity contribution in [2.24, 2.45) is 11.8 Å². The van der Waals surface area contributed by atoms with E-state index >= 15 is 0 Å². The first kappa shape index (κ1) is 15.7. The van der Waals surface area contributed by atoms with Crippen molar-refractivity contribution < 1.29 is 4.79 Å². The summed E-state index contributed by atoms with van der Waals surface area (Å²) < 4.78 is 0. The number of fused-ring (bicyclic) bond motifs is 1. The first-order chi connectivity index (χ1) is 11.7. The maximum Gasteiger partial charge on any atom is 0.265 e. The van der Waals surface area contributed by atoms with Gasteiger partial charge in [0, 0.05) is 25.5 Å². The van der Waals surface area contributed by atoms with Crippen molar-refractivity contribution in [3.63, 3.8) is 0 Å². The summed E-state index contributed by atoms with van der Waals surface area (Å²) in [6, 6.07) is 1.78. The topological polar surface area (TPSA) is 59.0 Å². The summed E-state index contributed by atoms with van der Waals surface area (Å²) in [6.07, 6.45) is 9.87. The molecule has 24 heavy (non-hydrogen) atoms. The summed E-state index contributed by atoms with van der Waals surface area (Å²) in [6.45, 7) is 3.70. The lowest BCUT2D eigenvalue weighted by Gasteiger charge is -2.41. The van der Waals surface area contributed by atoms with E-state index in [1.165, 1.54) is 37.0 Å². The first-order valence-electron chi connectivity index (χ1n) is 8.76. The number of likely N-dealkylation sites (tertiary alicyclic amines) is 1. The highest BCUT2D eigenvalue weighted by Gasteiger charge is 2.34. The number of rotatable bonds is 2. The van der Waals surface area contributed by atoms with Crippen LogP contribution in [0.15, 0.2) is 18.5 Å². The molecule has 0 N–H and O–H groups in total. The van der Waals surface area contributed by atoms with Crippen LogP contribution >= 0.6 is 11.3 Å². The van der Waals surface area contributed by atoms with Crippen molar-refractivity contribution in [2.45, 2.75) is 39.0 Å². The van der Waals surface area contributed by atoms with Crippen LogP contribution in [0, 0.1) is 18.8 Å². The molecule has 1 saturated carbocycles. The number of hydrogen-bond donors (Lipinski definition) is 0. The van der Waals surface area contributed by atoms with Gasteiger partial charge in [0.05, 0.1) is 5.69 Å². The molecule has 0 bridgehead atoms. The molecule has 2 aliphatic rings. The van der Waals surface area contributed by atoms with Gasteiger partial charge in [-0.25, -0.2) is 15.0 Å². The smallest absolute Gasteiger partial charge is 0.265 e. The second kappa shape index (κ2) is 6.59. The lowest BCUT2D eigenvalue weighted by molar-refractivity contribution is 0.0524. The molecule has 0 unspecified atom stereocenters. The van der Waals surface area contributed by atoms with Crippen LogP contribution in [0.1, 0.15) is 47.5 Å². The van der Waals surface area contributed by atoms with Crippen LogP contribution < -0.4 is 0 Å². The average molecular weight is 342 g/mol. The fraction of sp³-hybridized carbons (Fsp3) is 0.556. The van der Waals surface area contributed by atoms with Gasteiger partial charge in [0.1, 0.15) is 4.88 Å². The molecular formula is C18H22N4OS. The van der Waals surface area contributed by atoms with Gasteiger partial charge in [-0.05, 0) is 37.7 Å². The second-order valence-corrected chi connectivity index (χ2v) is 7.85. The van der Waals surface area contributed by atoms with E-state index in [1.54, 1.807) is 18.5 Å². The Bertz CT molecular complexity index is 730. The predicted octanol–water partition coefficient (Wildman–Crippen LogP) is 3.56. The van der Waals surface area contributed by atoms with Crippen molar-refractivity contribution >= 4 is 17.2 Å². The summed E-state index contributed by atoms with van der Waals surface area (Å²) in [5, 5.41) is 0.726. The molecule has 6 heteroatoms. The van der Waals surface area contributed by atoms with Crippen LogP contribution in [-0.2, 0) is 0 Å².